The zero-order valence-electron chi connectivity index (χ0n) is 8.65. The highest BCUT2D eigenvalue weighted by atomic mass is 35.5. The molecule has 1 saturated carbocycles. The molecule has 1 nitrogen and oxygen atoms in total. The number of allylic oxidation sites excluding steroid dienone is 1. The molecule has 0 aliphatic heterocycles. The van der Waals surface area contributed by atoms with Gasteiger partial charge in [0.15, 0.2) is 0 Å². The molecular weight excluding hydrogens is 182 g/mol. The van der Waals surface area contributed by atoms with Crippen molar-refractivity contribution in [3.8, 4) is 0 Å². The Morgan fingerprint density at radius 3 is 2.77 bits per heavy atom. The summed E-state index contributed by atoms with van der Waals surface area (Å²) in [5.74, 6) is 0.840. The topological polar surface area (TPSA) is 26.0 Å². The predicted octanol–water partition coefficient (Wildman–Crippen LogP) is 3.28. The van der Waals surface area contributed by atoms with Crippen molar-refractivity contribution < 1.29 is 0 Å². The van der Waals surface area contributed by atoms with Crippen LogP contribution < -0.4 is 5.73 Å². The van der Waals surface area contributed by atoms with Gasteiger partial charge in [-0.2, -0.15) is 0 Å². The van der Waals surface area contributed by atoms with Crippen LogP contribution in [-0.2, 0) is 0 Å². The first-order valence-corrected chi connectivity index (χ1v) is 5.51. The van der Waals surface area contributed by atoms with Crippen LogP contribution in [0.15, 0.2) is 11.1 Å². The lowest BCUT2D eigenvalue weighted by atomic mass is 9.80. The average Bonchev–Trinajstić information content (AvgIpc) is 2.48. The van der Waals surface area contributed by atoms with Gasteiger partial charge in [-0.1, -0.05) is 30.5 Å². The van der Waals surface area contributed by atoms with Gasteiger partial charge in [-0.15, -0.1) is 0 Å². The third kappa shape index (κ3) is 2.72. The summed E-state index contributed by atoms with van der Waals surface area (Å²) in [6, 6.07) is 0. The van der Waals surface area contributed by atoms with Crippen molar-refractivity contribution in [3.05, 3.63) is 11.1 Å². The third-order valence-corrected chi connectivity index (χ3v) is 3.59. The van der Waals surface area contributed by atoms with Crippen LogP contribution in [0, 0.1) is 11.3 Å². The molecule has 2 atom stereocenters. The van der Waals surface area contributed by atoms with Gasteiger partial charge in [0.1, 0.15) is 0 Å². The molecule has 0 radical (unpaired) electrons. The van der Waals surface area contributed by atoms with E-state index in [-0.39, 0.29) is 0 Å². The van der Waals surface area contributed by atoms with Gasteiger partial charge in [0, 0.05) is 5.54 Å². The van der Waals surface area contributed by atoms with E-state index in [1.807, 2.05) is 0 Å². The van der Waals surface area contributed by atoms with Gasteiger partial charge in [-0.25, -0.2) is 0 Å². The van der Waals surface area contributed by atoms with Gasteiger partial charge in [0.2, 0.25) is 0 Å². The lowest BCUT2D eigenvalue weighted by Gasteiger charge is -2.27. The second kappa shape index (κ2) is 4.47. The maximum atomic E-state index is 5.86. The molecule has 2 unspecified atom stereocenters. The van der Waals surface area contributed by atoms with Crippen molar-refractivity contribution in [3.63, 3.8) is 0 Å². The number of rotatable bonds is 3. The number of hydrogen-bond donors (Lipinski definition) is 1. The zero-order chi connectivity index (χ0) is 9.90. The van der Waals surface area contributed by atoms with Gasteiger partial charge >= 0.3 is 0 Å². The first-order valence-electron chi connectivity index (χ1n) is 5.08. The molecule has 2 heteroatoms. The highest BCUT2D eigenvalue weighted by Crippen LogP contribution is 2.45. The van der Waals surface area contributed by atoms with Crippen LogP contribution in [0.5, 0.6) is 0 Å². The lowest BCUT2D eigenvalue weighted by molar-refractivity contribution is 0.295. The van der Waals surface area contributed by atoms with E-state index in [1.54, 1.807) is 5.54 Å². The van der Waals surface area contributed by atoms with Gasteiger partial charge in [0.05, 0.1) is 0 Å². The van der Waals surface area contributed by atoms with Crippen molar-refractivity contribution in [2.75, 3.05) is 6.54 Å². The molecule has 0 heterocycles. The highest BCUT2D eigenvalue weighted by molar-refractivity contribution is 6.25. The molecule has 0 bridgehead atoms. The molecule has 1 fully saturated rings. The van der Waals surface area contributed by atoms with Crippen LogP contribution in [0.3, 0.4) is 0 Å². The molecule has 0 aromatic heterocycles. The molecule has 0 amide bonds. The van der Waals surface area contributed by atoms with Gasteiger partial charge in [0.25, 0.3) is 0 Å². The Hall–Kier alpha value is -0.0100. The van der Waals surface area contributed by atoms with Crippen LogP contribution in [0.25, 0.3) is 0 Å². The van der Waals surface area contributed by atoms with Gasteiger partial charge in [-0.05, 0) is 44.1 Å². The van der Waals surface area contributed by atoms with Crippen LogP contribution in [0.2, 0.25) is 0 Å². The van der Waals surface area contributed by atoms with Gasteiger partial charge < -0.3 is 5.73 Å². The van der Waals surface area contributed by atoms with E-state index < -0.39 is 0 Å². The van der Waals surface area contributed by atoms with Crippen molar-refractivity contribution in [2.45, 2.75) is 39.5 Å². The smallest absolute Gasteiger partial charge is 0.00319 e. The predicted molar refractivity (Wildman–Crippen MR) is 58.7 cm³/mol. The minimum absolute atomic E-state index is 0.356. The highest BCUT2D eigenvalue weighted by Gasteiger charge is 2.35. The Bertz CT molecular complexity index is 200. The number of halogens is 1. The molecule has 0 aromatic carbocycles. The Kier molecular flexibility index (Phi) is 3.81. The van der Waals surface area contributed by atoms with E-state index >= 15 is 0 Å². The average molecular weight is 202 g/mol. The van der Waals surface area contributed by atoms with Crippen LogP contribution in [0.1, 0.15) is 39.5 Å². The number of hydrogen-bond acceptors (Lipinski definition) is 1. The maximum absolute atomic E-state index is 5.86. The van der Waals surface area contributed by atoms with E-state index in [2.05, 4.69) is 13.8 Å². The van der Waals surface area contributed by atoms with E-state index in [4.69, 9.17) is 17.3 Å². The Morgan fingerprint density at radius 2 is 2.38 bits per heavy atom. The fraction of sp³-hybridized carbons (Fsp3) is 0.818. The summed E-state index contributed by atoms with van der Waals surface area (Å²) in [4.78, 5) is 0. The summed E-state index contributed by atoms with van der Waals surface area (Å²) in [6.07, 6.45) is 4.95. The molecule has 13 heavy (non-hydrogen) atoms. The molecule has 2 N–H and O–H groups in total. The van der Waals surface area contributed by atoms with Crippen LogP contribution in [-0.4, -0.2) is 6.54 Å². The van der Waals surface area contributed by atoms with Crippen LogP contribution >= 0.6 is 11.6 Å². The standard InChI is InChI=1S/C11H20ClN/c1-9-3-4-11(5-9,8-13)6-10(2)7-12/h7,9H,3-6,8,13H2,1-2H3/b10-7+. The maximum Gasteiger partial charge on any atom is 0.00319 e. The van der Waals surface area contributed by atoms with E-state index in [0.717, 1.165) is 18.9 Å². The molecular formula is C11H20ClN. The van der Waals surface area contributed by atoms with E-state index in [0.29, 0.717) is 5.41 Å². The monoisotopic (exact) mass is 201 g/mol. The van der Waals surface area contributed by atoms with E-state index in [9.17, 15) is 0 Å². The summed E-state index contributed by atoms with van der Waals surface area (Å²) >= 11 is 5.68. The fourth-order valence-corrected chi connectivity index (χ4v) is 2.62. The molecule has 1 aliphatic rings. The second-order valence-electron chi connectivity index (χ2n) is 4.68. The molecule has 1 aliphatic carbocycles. The quantitative estimate of drug-likeness (QED) is 0.745. The second-order valence-corrected chi connectivity index (χ2v) is 4.90. The van der Waals surface area contributed by atoms with Crippen LogP contribution in [0.4, 0.5) is 0 Å². The summed E-state index contributed by atoms with van der Waals surface area (Å²) in [5.41, 5.74) is 9.18. The number of nitrogens with two attached hydrogens (primary N) is 1. The van der Waals surface area contributed by atoms with Gasteiger partial charge in [-0.3, -0.25) is 0 Å². The molecule has 76 valence electrons. The first-order chi connectivity index (χ1) is 6.12. The molecule has 1 rings (SSSR count). The largest absolute Gasteiger partial charge is 0.330 e. The first kappa shape index (κ1) is 11.1. The summed E-state index contributed by atoms with van der Waals surface area (Å²) in [5, 5.41) is 0. The van der Waals surface area contributed by atoms with Crippen molar-refractivity contribution in [1.82, 2.24) is 0 Å². The van der Waals surface area contributed by atoms with Crippen molar-refractivity contribution >= 4 is 11.6 Å². The summed E-state index contributed by atoms with van der Waals surface area (Å²) in [6.45, 7) is 5.21. The zero-order valence-corrected chi connectivity index (χ0v) is 9.40. The SMILES string of the molecule is C/C(=C\Cl)CC1(CN)CCC(C)C1. The minimum atomic E-state index is 0.356. The normalized spacial score (nSPS) is 35.4. The van der Waals surface area contributed by atoms with Crippen molar-refractivity contribution in [1.29, 1.82) is 0 Å². The van der Waals surface area contributed by atoms with E-state index in [1.165, 1.54) is 24.8 Å². The Morgan fingerprint density at radius 1 is 1.69 bits per heavy atom. The van der Waals surface area contributed by atoms with Crippen molar-refractivity contribution in [2.24, 2.45) is 17.1 Å². The molecule has 0 spiro atoms. The lowest BCUT2D eigenvalue weighted by Crippen LogP contribution is -2.28. The summed E-state index contributed by atoms with van der Waals surface area (Å²) < 4.78 is 0. The summed E-state index contributed by atoms with van der Waals surface area (Å²) in [7, 11) is 0. The fourth-order valence-electron chi connectivity index (χ4n) is 2.54. The Labute approximate surface area is 86.3 Å². The molecule has 0 aromatic rings. The third-order valence-electron chi connectivity index (χ3n) is 3.22. The minimum Gasteiger partial charge on any atom is -0.330 e. The molecule has 0 saturated heterocycles. The Balaban J connectivity index is 2.61.